The van der Waals surface area contributed by atoms with Crippen LogP contribution in [-0.2, 0) is 13.1 Å². The Morgan fingerprint density at radius 3 is 2.88 bits per heavy atom. The molecule has 0 aliphatic carbocycles. The van der Waals surface area contributed by atoms with Crippen LogP contribution < -0.4 is 0 Å². The molecule has 0 spiro atoms. The van der Waals surface area contributed by atoms with Gasteiger partial charge in [0.25, 0.3) is 0 Å². The number of nitrogens with zero attached hydrogens (tertiary/aromatic N) is 3. The number of aromatic nitrogens is 1. The van der Waals surface area contributed by atoms with Crippen LogP contribution in [0.15, 0.2) is 34.9 Å². The summed E-state index contributed by atoms with van der Waals surface area (Å²) in [7, 11) is 0. The van der Waals surface area contributed by atoms with Crippen LogP contribution in [0.1, 0.15) is 23.6 Å². The molecule has 1 aliphatic heterocycles. The molecular weight excluding hydrogens is 306 g/mol. The SMILES string of the molecule is Cc1ccc(O)c(CN2CCN(Cc3ccco3)[C@@H](CCO)C2)n1. The molecule has 0 saturated carbocycles. The molecule has 6 heteroatoms. The Balaban J connectivity index is 1.64. The van der Waals surface area contributed by atoms with Crippen LogP contribution in [0.2, 0.25) is 0 Å². The molecule has 0 unspecified atom stereocenters. The number of aromatic hydroxyl groups is 1. The van der Waals surface area contributed by atoms with Crippen molar-refractivity contribution in [3.8, 4) is 5.75 Å². The van der Waals surface area contributed by atoms with Gasteiger partial charge in [-0.2, -0.15) is 0 Å². The normalized spacial score (nSPS) is 19.7. The third-order valence-corrected chi connectivity index (χ3v) is 4.55. The predicted molar refractivity (Wildman–Crippen MR) is 90.5 cm³/mol. The topological polar surface area (TPSA) is 73.0 Å². The number of hydrogen-bond donors (Lipinski definition) is 2. The number of pyridine rings is 1. The maximum Gasteiger partial charge on any atom is 0.138 e. The molecule has 1 aliphatic rings. The second-order valence-corrected chi connectivity index (χ2v) is 6.37. The number of rotatable bonds is 6. The van der Waals surface area contributed by atoms with Crippen LogP contribution in [0, 0.1) is 6.92 Å². The monoisotopic (exact) mass is 331 g/mol. The summed E-state index contributed by atoms with van der Waals surface area (Å²) in [5.41, 5.74) is 1.63. The maximum atomic E-state index is 10.0. The summed E-state index contributed by atoms with van der Waals surface area (Å²) in [5, 5.41) is 19.4. The van der Waals surface area contributed by atoms with Crippen LogP contribution in [0.3, 0.4) is 0 Å². The van der Waals surface area contributed by atoms with Crippen molar-refractivity contribution in [3.63, 3.8) is 0 Å². The van der Waals surface area contributed by atoms with Gasteiger partial charge in [-0.05, 0) is 37.6 Å². The van der Waals surface area contributed by atoms with Gasteiger partial charge in [-0.15, -0.1) is 0 Å². The lowest BCUT2D eigenvalue weighted by Crippen LogP contribution is -2.52. The first-order valence-electron chi connectivity index (χ1n) is 8.41. The highest BCUT2D eigenvalue weighted by Crippen LogP contribution is 2.21. The zero-order valence-electron chi connectivity index (χ0n) is 14.1. The molecule has 24 heavy (non-hydrogen) atoms. The lowest BCUT2D eigenvalue weighted by Gasteiger charge is -2.41. The van der Waals surface area contributed by atoms with E-state index in [1.165, 1.54) is 0 Å². The summed E-state index contributed by atoms with van der Waals surface area (Å²) in [6.07, 6.45) is 2.42. The van der Waals surface area contributed by atoms with Gasteiger partial charge >= 0.3 is 0 Å². The molecule has 130 valence electrons. The van der Waals surface area contributed by atoms with Crippen molar-refractivity contribution in [2.75, 3.05) is 26.2 Å². The summed E-state index contributed by atoms with van der Waals surface area (Å²) >= 11 is 0. The quantitative estimate of drug-likeness (QED) is 0.840. The van der Waals surface area contributed by atoms with E-state index < -0.39 is 0 Å². The lowest BCUT2D eigenvalue weighted by atomic mass is 10.1. The Bertz CT molecular complexity index is 645. The molecule has 2 aromatic rings. The van der Waals surface area contributed by atoms with Gasteiger partial charge in [0.2, 0.25) is 0 Å². The van der Waals surface area contributed by atoms with E-state index in [0.717, 1.165) is 49.7 Å². The van der Waals surface area contributed by atoms with Gasteiger partial charge in [-0.25, -0.2) is 0 Å². The summed E-state index contributed by atoms with van der Waals surface area (Å²) in [4.78, 5) is 9.10. The highest BCUT2D eigenvalue weighted by atomic mass is 16.3. The van der Waals surface area contributed by atoms with E-state index in [1.54, 1.807) is 12.3 Å². The zero-order valence-corrected chi connectivity index (χ0v) is 14.1. The van der Waals surface area contributed by atoms with Crippen molar-refractivity contribution in [1.82, 2.24) is 14.8 Å². The zero-order chi connectivity index (χ0) is 16.9. The van der Waals surface area contributed by atoms with Crippen LogP contribution in [0.5, 0.6) is 5.75 Å². The molecular formula is C18H25N3O3. The number of aryl methyl sites for hydroxylation is 1. The van der Waals surface area contributed by atoms with Gasteiger partial charge in [0.05, 0.1) is 18.5 Å². The summed E-state index contributed by atoms with van der Waals surface area (Å²) < 4.78 is 5.45. The summed E-state index contributed by atoms with van der Waals surface area (Å²) in [5.74, 6) is 1.20. The van der Waals surface area contributed by atoms with Crippen molar-refractivity contribution in [3.05, 3.63) is 47.7 Å². The van der Waals surface area contributed by atoms with Crippen molar-refractivity contribution >= 4 is 0 Å². The Hall–Kier alpha value is -1.89. The Kier molecular flexibility index (Phi) is 5.50. The maximum absolute atomic E-state index is 10.0. The first kappa shape index (κ1) is 17.0. The van der Waals surface area contributed by atoms with Crippen molar-refractivity contribution in [2.24, 2.45) is 0 Å². The van der Waals surface area contributed by atoms with Crippen LogP contribution in [0.25, 0.3) is 0 Å². The molecule has 6 nitrogen and oxygen atoms in total. The average Bonchev–Trinajstić information content (AvgIpc) is 3.07. The van der Waals surface area contributed by atoms with E-state index in [0.29, 0.717) is 6.54 Å². The number of furan rings is 1. The second-order valence-electron chi connectivity index (χ2n) is 6.37. The van der Waals surface area contributed by atoms with E-state index in [1.807, 2.05) is 25.1 Å². The van der Waals surface area contributed by atoms with E-state index in [9.17, 15) is 10.2 Å². The molecule has 0 aromatic carbocycles. The smallest absolute Gasteiger partial charge is 0.138 e. The standard InChI is InChI=1S/C18H25N3O3/c1-14-4-5-18(23)17(19-14)13-20-7-8-21(15(11-20)6-9-22)12-16-3-2-10-24-16/h2-5,10,15,22-23H,6-9,11-13H2,1H3/t15-/m0/s1. The molecule has 3 heterocycles. The van der Waals surface area contributed by atoms with Crippen molar-refractivity contribution in [1.29, 1.82) is 0 Å². The highest BCUT2D eigenvalue weighted by Gasteiger charge is 2.27. The number of hydrogen-bond acceptors (Lipinski definition) is 6. The fourth-order valence-corrected chi connectivity index (χ4v) is 3.27. The summed E-state index contributed by atoms with van der Waals surface area (Å²) in [6.45, 7) is 6.13. The molecule has 0 radical (unpaired) electrons. The first-order valence-corrected chi connectivity index (χ1v) is 8.41. The fourth-order valence-electron chi connectivity index (χ4n) is 3.27. The molecule has 2 aromatic heterocycles. The largest absolute Gasteiger partial charge is 0.506 e. The van der Waals surface area contributed by atoms with E-state index in [4.69, 9.17) is 4.42 Å². The number of piperazine rings is 1. The molecule has 2 N–H and O–H groups in total. The first-order chi connectivity index (χ1) is 11.7. The minimum Gasteiger partial charge on any atom is -0.506 e. The average molecular weight is 331 g/mol. The van der Waals surface area contributed by atoms with Gasteiger partial charge in [0.15, 0.2) is 0 Å². The number of aliphatic hydroxyl groups excluding tert-OH is 1. The Morgan fingerprint density at radius 2 is 2.12 bits per heavy atom. The Labute approximate surface area is 142 Å². The van der Waals surface area contributed by atoms with Crippen molar-refractivity contribution in [2.45, 2.75) is 32.5 Å². The van der Waals surface area contributed by atoms with Gasteiger partial charge < -0.3 is 14.6 Å². The third-order valence-electron chi connectivity index (χ3n) is 4.55. The minimum atomic E-state index is 0.168. The lowest BCUT2D eigenvalue weighted by molar-refractivity contribution is 0.0447. The molecule has 3 rings (SSSR count). The van der Waals surface area contributed by atoms with Crippen LogP contribution in [-0.4, -0.2) is 57.3 Å². The molecule has 1 atom stereocenters. The minimum absolute atomic E-state index is 0.168. The van der Waals surface area contributed by atoms with Crippen LogP contribution in [0.4, 0.5) is 0 Å². The van der Waals surface area contributed by atoms with Gasteiger partial charge in [-0.3, -0.25) is 14.8 Å². The van der Waals surface area contributed by atoms with Gasteiger partial charge in [-0.1, -0.05) is 0 Å². The predicted octanol–water partition coefficient (Wildman–Crippen LogP) is 1.76. The van der Waals surface area contributed by atoms with Gasteiger partial charge in [0.1, 0.15) is 11.5 Å². The van der Waals surface area contributed by atoms with E-state index in [2.05, 4.69) is 14.8 Å². The molecule has 1 fully saturated rings. The molecule has 0 bridgehead atoms. The van der Waals surface area contributed by atoms with Crippen LogP contribution >= 0.6 is 0 Å². The summed E-state index contributed by atoms with van der Waals surface area (Å²) in [6, 6.07) is 7.67. The third kappa shape index (κ3) is 4.14. The molecule has 0 amide bonds. The van der Waals surface area contributed by atoms with E-state index >= 15 is 0 Å². The number of aliphatic hydroxyl groups is 1. The van der Waals surface area contributed by atoms with E-state index in [-0.39, 0.29) is 18.4 Å². The molecule has 1 saturated heterocycles. The Morgan fingerprint density at radius 1 is 1.25 bits per heavy atom. The second kappa shape index (κ2) is 7.79. The fraction of sp³-hybridized carbons (Fsp3) is 0.500. The highest BCUT2D eigenvalue weighted by molar-refractivity contribution is 5.27. The van der Waals surface area contributed by atoms with Crippen molar-refractivity contribution < 1.29 is 14.6 Å². The van der Waals surface area contributed by atoms with Gasteiger partial charge in [0, 0.05) is 44.5 Å².